The van der Waals surface area contributed by atoms with Gasteiger partial charge in [0.05, 0.1) is 43.0 Å². The number of aromatic nitrogens is 2. The van der Waals surface area contributed by atoms with Crippen molar-refractivity contribution in [2.24, 2.45) is 11.1 Å². The highest BCUT2D eigenvalue weighted by Gasteiger charge is 2.38. The molecule has 3 N–H and O–H groups in total. The van der Waals surface area contributed by atoms with Crippen LogP contribution >= 0.6 is 0 Å². The monoisotopic (exact) mass is 538 g/mol. The van der Waals surface area contributed by atoms with E-state index in [1.165, 1.54) is 5.56 Å². The first-order valence-corrected chi connectivity index (χ1v) is 14.2. The summed E-state index contributed by atoms with van der Waals surface area (Å²) in [5.74, 6) is -0.453. The molecule has 40 heavy (non-hydrogen) atoms. The third kappa shape index (κ3) is 5.11. The standard InChI is InChI=1S/C33H38N4O3/c1-33(2,3)18-30(21-7-5-4-6-8-21)37-29-14-11-23(32(34)39)15-28(29)31(35-37)22-9-12-24(13-10-22)36-25-16-27(38)17-26(36)20-40-19-25/h4-15,25-27,30,38H,16-20H2,1-3H3,(H2,34,39)/t25?,26?,27?,30-/m0/s1. The van der Waals surface area contributed by atoms with E-state index in [9.17, 15) is 9.90 Å². The molecule has 2 fully saturated rings. The van der Waals surface area contributed by atoms with E-state index in [4.69, 9.17) is 15.6 Å². The van der Waals surface area contributed by atoms with Crippen LogP contribution < -0.4 is 10.6 Å². The van der Waals surface area contributed by atoms with E-state index in [1.54, 1.807) is 6.07 Å². The van der Waals surface area contributed by atoms with Gasteiger partial charge < -0.3 is 20.5 Å². The predicted octanol–water partition coefficient (Wildman–Crippen LogP) is 5.56. The number of piperidine rings is 1. The molecule has 3 aromatic carbocycles. The minimum Gasteiger partial charge on any atom is -0.393 e. The molecule has 3 atom stereocenters. The number of hydrogen-bond acceptors (Lipinski definition) is 5. The number of primary amides is 1. The molecule has 208 valence electrons. The molecule has 6 rings (SSSR count). The summed E-state index contributed by atoms with van der Waals surface area (Å²) in [6.07, 6.45) is 2.07. The Balaban J connectivity index is 1.45. The van der Waals surface area contributed by atoms with Crippen molar-refractivity contribution in [3.8, 4) is 11.3 Å². The number of nitrogens with zero attached hydrogens (tertiary/aromatic N) is 3. The zero-order valence-electron chi connectivity index (χ0n) is 23.5. The normalized spacial score (nSPS) is 21.9. The van der Waals surface area contributed by atoms with Gasteiger partial charge in [0.1, 0.15) is 5.69 Å². The van der Waals surface area contributed by atoms with Crippen molar-refractivity contribution >= 4 is 22.5 Å². The second-order valence-electron chi connectivity index (χ2n) is 12.5. The topological polar surface area (TPSA) is 93.6 Å². The fraction of sp³-hybridized carbons (Fsp3) is 0.394. The van der Waals surface area contributed by atoms with Crippen LogP contribution in [0.25, 0.3) is 22.2 Å². The van der Waals surface area contributed by atoms with Gasteiger partial charge in [-0.1, -0.05) is 63.2 Å². The summed E-state index contributed by atoms with van der Waals surface area (Å²) in [4.78, 5) is 14.6. The first-order valence-electron chi connectivity index (χ1n) is 14.2. The maximum atomic E-state index is 12.1. The van der Waals surface area contributed by atoms with Crippen LogP contribution in [-0.4, -0.2) is 52.2 Å². The molecule has 2 saturated heterocycles. The molecular formula is C33H38N4O3. The lowest BCUT2D eigenvalue weighted by molar-refractivity contribution is 0.00124. The number of carbonyl (C=O) groups is 1. The number of benzene rings is 3. The molecule has 0 aliphatic carbocycles. The zero-order chi connectivity index (χ0) is 28.0. The van der Waals surface area contributed by atoms with Gasteiger partial charge in [0.2, 0.25) is 5.91 Å². The molecule has 4 aromatic rings. The lowest BCUT2D eigenvalue weighted by atomic mass is 9.85. The minimum atomic E-state index is -0.453. The number of morpholine rings is 1. The highest BCUT2D eigenvalue weighted by atomic mass is 16.5. The third-order valence-corrected chi connectivity index (χ3v) is 8.21. The van der Waals surface area contributed by atoms with Crippen LogP contribution in [0.1, 0.15) is 62.0 Å². The van der Waals surface area contributed by atoms with Crippen LogP contribution in [0.2, 0.25) is 0 Å². The maximum Gasteiger partial charge on any atom is 0.248 e. The Morgan fingerprint density at radius 2 is 1.70 bits per heavy atom. The smallest absolute Gasteiger partial charge is 0.248 e. The number of fused-ring (bicyclic) bond motifs is 3. The van der Waals surface area contributed by atoms with Gasteiger partial charge in [-0.25, -0.2) is 0 Å². The van der Waals surface area contributed by atoms with Crippen molar-refractivity contribution < 1.29 is 14.6 Å². The van der Waals surface area contributed by atoms with Gasteiger partial charge in [0.25, 0.3) is 0 Å². The molecule has 0 spiro atoms. The Hall–Kier alpha value is -3.68. The Labute approximate surface area is 235 Å². The Morgan fingerprint density at radius 1 is 1.02 bits per heavy atom. The highest BCUT2D eigenvalue weighted by Crippen LogP contribution is 2.39. The average Bonchev–Trinajstić information content (AvgIpc) is 3.30. The zero-order valence-corrected chi connectivity index (χ0v) is 23.5. The minimum absolute atomic E-state index is 0.0234. The van der Waals surface area contributed by atoms with Gasteiger partial charge in [-0.2, -0.15) is 5.10 Å². The summed E-state index contributed by atoms with van der Waals surface area (Å²) in [5, 5.41) is 16.4. The molecule has 1 amide bonds. The molecular weight excluding hydrogens is 500 g/mol. The molecule has 2 bridgehead atoms. The van der Waals surface area contributed by atoms with E-state index in [2.05, 4.69) is 78.9 Å². The molecule has 7 nitrogen and oxygen atoms in total. The number of aliphatic hydroxyl groups is 1. The molecule has 2 aliphatic rings. The van der Waals surface area contributed by atoms with Crippen LogP contribution in [0.5, 0.6) is 0 Å². The lowest BCUT2D eigenvalue weighted by Gasteiger charge is -2.48. The van der Waals surface area contributed by atoms with Crippen LogP contribution in [0.15, 0.2) is 72.8 Å². The second kappa shape index (κ2) is 10.4. The van der Waals surface area contributed by atoms with E-state index in [0.29, 0.717) is 18.8 Å². The van der Waals surface area contributed by atoms with E-state index in [1.807, 2.05) is 18.2 Å². The first-order chi connectivity index (χ1) is 19.2. The summed E-state index contributed by atoms with van der Waals surface area (Å²) >= 11 is 0. The number of hydrogen-bond donors (Lipinski definition) is 2. The van der Waals surface area contributed by atoms with E-state index in [-0.39, 0.29) is 29.6 Å². The molecule has 7 heteroatoms. The largest absolute Gasteiger partial charge is 0.393 e. The van der Waals surface area contributed by atoms with Gasteiger partial charge in [-0.05, 0) is 60.6 Å². The fourth-order valence-corrected chi connectivity index (χ4v) is 6.45. The lowest BCUT2D eigenvalue weighted by Crippen LogP contribution is -2.58. The van der Waals surface area contributed by atoms with Crippen molar-refractivity contribution in [2.75, 3.05) is 18.1 Å². The number of amides is 1. The maximum absolute atomic E-state index is 12.1. The quantitative estimate of drug-likeness (QED) is 0.335. The van der Waals surface area contributed by atoms with Crippen LogP contribution in [0.3, 0.4) is 0 Å². The summed E-state index contributed by atoms with van der Waals surface area (Å²) in [5.41, 5.74) is 11.3. The molecule has 0 saturated carbocycles. The van der Waals surface area contributed by atoms with Gasteiger partial charge >= 0.3 is 0 Å². The molecule has 2 aliphatic heterocycles. The van der Waals surface area contributed by atoms with Gasteiger partial charge in [0, 0.05) is 22.2 Å². The van der Waals surface area contributed by atoms with Crippen molar-refractivity contribution in [2.45, 2.75) is 64.3 Å². The number of anilines is 1. The highest BCUT2D eigenvalue weighted by molar-refractivity contribution is 6.01. The van der Waals surface area contributed by atoms with Gasteiger partial charge in [-0.3, -0.25) is 9.48 Å². The number of nitrogens with two attached hydrogens (primary N) is 1. The van der Waals surface area contributed by atoms with Crippen molar-refractivity contribution in [3.05, 3.63) is 83.9 Å². The third-order valence-electron chi connectivity index (χ3n) is 8.21. The second-order valence-corrected chi connectivity index (χ2v) is 12.5. The first kappa shape index (κ1) is 26.5. The van der Waals surface area contributed by atoms with E-state index < -0.39 is 5.91 Å². The Bertz CT molecular complexity index is 1490. The van der Waals surface area contributed by atoms with Crippen molar-refractivity contribution in [1.82, 2.24) is 9.78 Å². The van der Waals surface area contributed by atoms with Gasteiger partial charge in [0.15, 0.2) is 0 Å². The number of aliphatic hydroxyl groups excluding tert-OH is 1. The summed E-state index contributed by atoms with van der Waals surface area (Å²) in [6.45, 7) is 8.02. The van der Waals surface area contributed by atoms with Crippen molar-refractivity contribution in [3.63, 3.8) is 0 Å². The van der Waals surface area contributed by atoms with Crippen LogP contribution in [0.4, 0.5) is 5.69 Å². The SMILES string of the molecule is CC(C)(C)C[C@@H](c1ccccc1)n1nc(-c2ccc(N3C4COCC3CC(O)C4)cc2)c2cc(C(N)=O)ccc21. The Kier molecular flexibility index (Phi) is 6.88. The van der Waals surface area contributed by atoms with Gasteiger partial charge in [-0.15, -0.1) is 0 Å². The summed E-state index contributed by atoms with van der Waals surface area (Å²) in [7, 11) is 0. The number of rotatable bonds is 6. The molecule has 0 radical (unpaired) electrons. The molecule has 3 heterocycles. The van der Waals surface area contributed by atoms with Crippen LogP contribution in [-0.2, 0) is 4.74 Å². The Morgan fingerprint density at radius 3 is 2.33 bits per heavy atom. The van der Waals surface area contributed by atoms with Crippen molar-refractivity contribution in [1.29, 1.82) is 0 Å². The molecule has 1 aromatic heterocycles. The number of carbonyl (C=O) groups excluding carboxylic acids is 1. The van der Waals surface area contributed by atoms with Crippen LogP contribution in [0, 0.1) is 5.41 Å². The predicted molar refractivity (Wildman–Crippen MR) is 158 cm³/mol. The number of ether oxygens (including phenoxy) is 1. The summed E-state index contributed by atoms with van der Waals surface area (Å²) < 4.78 is 7.92. The van der Waals surface area contributed by atoms with E-state index >= 15 is 0 Å². The summed E-state index contributed by atoms with van der Waals surface area (Å²) in [6, 6.07) is 25.0. The van der Waals surface area contributed by atoms with E-state index in [0.717, 1.165) is 47.1 Å². The average molecular weight is 539 g/mol. The molecule has 2 unspecified atom stereocenters. The fourth-order valence-electron chi connectivity index (χ4n) is 6.45.